The van der Waals surface area contributed by atoms with E-state index >= 15 is 0 Å². The highest BCUT2D eigenvalue weighted by Crippen LogP contribution is 2.47. The third kappa shape index (κ3) is 3.60. The molecule has 136 valence electrons. The third-order valence-corrected chi connectivity index (χ3v) is 5.69. The number of hydrogen-bond donors (Lipinski definition) is 2. The summed E-state index contributed by atoms with van der Waals surface area (Å²) < 4.78 is 40.2. The average molecular weight is 376 g/mol. The topological polar surface area (TPSA) is 106 Å². The molecule has 1 aliphatic carbocycles. The van der Waals surface area contributed by atoms with Crippen molar-refractivity contribution in [1.82, 2.24) is 4.72 Å². The van der Waals surface area contributed by atoms with E-state index < -0.39 is 44.0 Å². The van der Waals surface area contributed by atoms with E-state index in [9.17, 15) is 22.4 Å². The Balaban J connectivity index is 1.75. The third-order valence-electron chi connectivity index (χ3n) is 4.35. The van der Waals surface area contributed by atoms with Gasteiger partial charge in [0.2, 0.25) is 5.91 Å². The van der Waals surface area contributed by atoms with Gasteiger partial charge in [0.1, 0.15) is 5.82 Å². The Bertz CT molecular complexity index is 1000. The van der Waals surface area contributed by atoms with E-state index in [0.29, 0.717) is 6.42 Å². The maximum absolute atomic E-state index is 13.5. The van der Waals surface area contributed by atoms with Gasteiger partial charge in [0, 0.05) is 5.92 Å². The van der Waals surface area contributed by atoms with Crippen LogP contribution in [-0.4, -0.2) is 20.2 Å². The molecular formula is C18H17FN2O4S. The van der Waals surface area contributed by atoms with Crippen molar-refractivity contribution in [3.63, 3.8) is 0 Å². The average Bonchev–Trinajstić information content (AvgIpc) is 3.35. The summed E-state index contributed by atoms with van der Waals surface area (Å²) in [7, 11) is -4.23. The quantitative estimate of drug-likeness (QED) is 0.830. The standard InChI is InChI=1S/C18H17FN2O4S/c1-10-3-2-4-11(7-10)13-9-14(13)18(23)21-26(24,25)12-5-6-16(19)15(8-12)17(20)22/h2-8,13-14H,9H2,1H3,(H2,20,22)(H,21,23). The van der Waals surface area contributed by atoms with Crippen molar-refractivity contribution in [3.05, 3.63) is 65.0 Å². The lowest BCUT2D eigenvalue weighted by Crippen LogP contribution is -2.32. The summed E-state index contributed by atoms with van der Waals surface area (Å²) in [6.07, 6.45) is 0.556. The minimum absolute atomic E-state index is 0.0282. The van der Waals surface area contributed by atoms with Gasteiger partial charge in [-0.05, 0) is 43.0 Å². The van der Waals surface area contributed by atoms with Crippen LogP contribution in [0.5, 0.6) is 0 Å². The Morgan fingerprint density at radius 1 is 1.19 bits per heavy atom. The molecule has 3 N–H and O–H groups in total. The molecule has 2 atom stereocenters. The SMILES string of the molecule is Cc1cccc(C2CC2C(=O)NS(=O)(=O)c2ccc(F)c(C(N)=O)c2)c1. The molecule has 2 aromatic rings. The first-order valence-corrected chi connectivity index (χ1v) is 9.40. The number of benzene rings is 2. The molecule has 0 bridgehead atoms. The largest absolute Gasteiger partial charge is 0.366 e. The van der Waals surface area contributed by atoms with Crippen molar-refractivity contribution >= 4 is 21.8 Å². The first-order valence-electron chi connectivity index (χ1n) is 7.91. The Kier molecular flexibility index (Phi) is 4.53. The zero-order chi connectivity index (χ0) is 19.1. The maximum Gasteiger partial charge on any atom is 0.264 e. The van der Waals surface area contributed by atoms with Gasteiger partial charge < -0.3 is 5.73 Å². The molecule has 0 aromatic heterocycles. The fourth-order valence-electron chi connectivity index (χ4n) is 2.88. The van der Waals surface area contributed by atoms with Crippen molar-refractivity contribution in [3.8, 4) is 0 Å². The van der Waals surface area contributed by atoms with Crippen LogP contribution in [0, 0.1) is 18.7 Å². The van der Waals surface area contributed by atoms with Crippen molar-refractivity contribution in [1.29, 1.82) is 0 Å². The molecule has 0 heterocycles. The molecule has 2 amide bonds. The summed E-state index contributed by atoms with van der Waals surface area (Å²) in [6.45, 7) is 1.94. The summed E-state index contributed by atoms with van der Waals surface area (Å²) in [6, 6.07) is 10.3. The van der Waals surface area contributed by atoms with Crippen molar-refractivity contribution < 1.29 is 22.4 Å². The molecule has 2 aromatic carbocycles. The molecule has 8 heteroatoms. The van der Waals surface area contributed by atoms with Crippen molar-refractivity contribution in [2.75, 3.05) is 0 Å². The summed E-state index contributed by atoms with van der Waals surface area (Å²) in [5.41, 5.74) is 6.52. The van der Waals surface area contributed by atoms with Crippen LogP contribution in [0.4, 0.5) is 4.39 Å². The smallest absolute Gasteiger partial charge is 0.264 e. The fraction of sp³-hybridized carbons (Fsp3) is 0.222. The first kappa shape index (κ1) is 18.1. The van der Waals surface area contributed by atoms with E-state index in [-0.39, 0.29) is 5.92 Å². The number of sulfonamides is 1. The number of nitrogens with two attached hydrogens (primary N) is 1. The highest BCUT2D eigenvalue weighted by molar-refractivity contribution is 7.90. The zero-order valence-electron chi connectivity index (χ0n) is 13.9. The van der Waals surface area contributed by atoms with Gasteiger partial charge in [-0.2, -0.15) is 0 Å². The second kappa shape index (κ2) is 6.53. The molecule has 26 heavy (non-hydrogen) atoms. The number of carbonyl (C=O) groups excluding carboxylic acids is 2. The lowest BCUT2D eigenvalue weighted by Gasteiger charge is -2.08. The minimum atomic E-state index is -4.23. The number of nitrogens with one attached hydrogen (secondary N) is 1. The highest BCUT2D eigenvalue weighted by Gasteiger charge is 2.45. The number of rotatable bonds is 5. The molecule has 3 rings (SSSR count). The first-order chi connectivity index (χ1) is 12.2. The van der Waals surface area contributed by atoms with Crippen LogP contribution in [0.15, 0.2) is 47.4 Å². The molecule has 0 saturated heterocycles. The molecule has 2 unspecified atom stereocenters. The number of amides is 2. The molecule has 0 aliphatic heterocycles. The van der Waals surface area contributed by atoms with Crippen LogP contribution in [0.1, 0.15) is 33.8 Å². The number of carbonyl (C=O) groups is 2. The summed E-state index contributed by atoms with van der Waals surface area (Å²) in [5.74, 6) is -3.11. The highest BCUT2D eigenvalue weighted by atomic mass is 32.2. The Hall–Kier alpha value is -2.74. The van der Waals surface area contributed by atoms with Crippen LogP contribution in [-0.2, 0) is 14.8 Å². The summed E-state index contributed by atoms with van der Waals surface area (Å²) in [5, 5.41) is 0. The summed E-state index contributed by atoms with van der Waals surface area (Å²) in [4.78, 5) is 23.1. The van der Waals surface area contributed by atoms with Crippen LogP contribution in [0.3, 0.4) is 0 Å². The predicted octanol–water partition coefficient (Wildman–Crippen LogP) is 1.84. The van der Waals surface area contributed by atoms with Gasteiger partial charge in [-0.1, -0.05) is 29.8 Å². The Morgan fingerprint density at radius 2 is 1.92 bits per heavy atom. The normalized spacial score (nSPS) is 19.0. The van der Waals surface area contributed by atoms with E-state index in [1.165, 1.54) is 0 Å². The fourth-order valence-corrected chi connectivity index (χ4v) is 3.94. The number of primary amides is 1. The molecule has 0 spiro atoms. The Labute approximate surface area is 150 Å². The van der Waals surface area contributed by atoms with E-state index in [0.717, 1.165) is 29.3 Å². The zero-order valence-corrected chi connectivity index (χ0v) is 14.7. The van der Waals surface area contributed by atoms with Crippen molar-refractivity contribution in [2.24, 2.45) is 11.7 Å². The van der Waals surface area contributed by atoms with E-state index in [1.54, 1.807) is 0 Å². The Morgan fingerprint density at radius 3 is 2.58 bits per heavy atom. The van der Waals surface area contributed by atoms with Gasteiger partial charge in [-0.3, -0.25) is 9.59 Å². The van der Waals surface area contributed by atoms with Gasteiger partial charge in [-0.15, -0.1) is 0 Å². The van der Waals surface area contributed by atoms with Crippen LogP contribution < -0.4 is 10.5 Å². The second-order valence-electron chi connectivity index (χ2n) is 6.34. The molecule has 0 radical (unpaired) electrons. The van der Waals surface area contributed by atoms with Crippen LogP contribution in [0.25, 0.3) is 0 Å². The van der Waals surface area contributed by atoms with Gasteiger partial charge in [0.25, 0.3) is 15.9 Å². The second-order valence-corrected chi connectivity index (χ2v) is 8.02. The van der Waals surface area contributed by atoms with Crippen LogP contribution >= 0.6 is 0 Å². The van der Waals surface area contributed by atoms with Gasteiger partial charge in [0.15, 0.2) is 0 Å². The van der Waals surface area contributed by atoms with Gasteiger partial charge >= 0.3 is 0 Å². The van der Waals surface area contributed by atoms with Crippen LogP contribution in [0.2, 0.25) is 0 Å². The minimum Gasteiger partial charge on any atom is -0.366 e. The molecule has 1 saturated carbocycles. The molecular weight excluding hydrogens is 359 g/mol. The van der Waals surface area contributed by atoms with Gasteiger partial charge in [0.05, 0.1) is 10.5 Å². The summed E-state index contributed by atoms with van der Waals surface area (Å²) >= 11 is 0. The number of hydrogen-bond acceptors (Lipinski definition) is 4. The maximum atomic E-state index is 13.5. The lowest BCUT2D eigenvalue weighted by molar-refractivity contribution is -0.120. The van der Waals surface area contributed by atoms with Crippen molar-refractivity contribution in [2.45, 2.75) is 24.2 Å². The molecule has 1 fully saturated rings. The number of halogens is 1. The van der Waals surface area contributed by atoms with Gasteiger partial charge in [-0.25, -0.2) is 17.5 Å². The van der Waals surface area contributed by atoms with E-state index in [1.807, 2.05) is 35.9 Å². The van der Waals surface area contributed by atoms with E-state index in [2.05, 4.69) is 0 Å². The lowest BCUT2D eigenvalue weighted by atomic mass is 10.1. The monoisotopic (exact) mass is 376 g/mol. The van der Waals surface area contributed by atoms with E-state index in [4.69, 9.17) is 5.73 Å². The molecule has 1 aliphatic rings. The predicted molar refractivity (Wildman–Crippen MR) is 92.3 cm³/mol. The number of aryl methyl sites for hydroxylation is 1. The molecule has 6 nitrogen and oxygen atoms in total.